The van der Waals surface area contributed by atoms with Crippen LogP contribution in [-0.4, -0.2) is 84.4 Å². The van der Waals surface area contributed by atoms with Crippen molar-refractivity contribution in [3.63, 3.8) is 0 Å². The Balaban J connectivity index is 1.50. The van der Waals surface area contributed by atoms with E-state index in [1.54, 1.807) is 11.1 Å². The van der Waals surface area contributed by atoms with E-state index < -0.39 is 0 Å². The number of aromatic nitrogens is 6. The second-order valence-corrected chi connectivity index (χ2v) is 8.61. The Kier molecular flexibility index (Phi) is 7.63. The smallest absolute Gasteiger partial charge is 0.246 e. The van der Waals surface area contributed by atoms with E-state index in [4.69, 9.17) is 11.6 Å². The fourth-order valence-electron chi connectivity index (χ4n) is 4.14. The van der Waals surface area contributed by atoms with E-state index in [0.717, 1.165) is 51.3 Å². The summed E-state index contributed by atoms with van der Waals surface area (Å²) in [6.07, 6.45) is 6.83. The highest BCUT2D eigenvalue weighted by Crippen LogP contribution is 2.29. The summed E-state index contributed by atoms with van der Waals surface area (Å²) in [5.74, 6) is 0.896. The fourth-order valence-corrected chi connectivity index (χ4v) is 4.36. The zero-order valence-electron chi connectivity index (χ0n) is 19.6. The molecule has 0 radical (unpaired) electrons. The van der Waals surface area contributed by atoms with E-state index >= 15 is 0 Å². The molecule has 3 aromatic heterocycles. The average molecular weight is 487 g/mol. The Morgan fingerprint density at radius 2 is 2.21 bits per heavy atom. The molecule has 1 saturated heterocycles. The first-order valence-electron chi connectivity index (χ1n) is 11.6. The molecule has 3 aromatic rings. The molecule has 34 heavy (non-hydrogen) atoms. The number of carbonyl (C=O) groups excluding carboxylic acids is 1. The lowest BCUT2D eigenvalue weighted by atomic mass is 10.1. The Hall–Kier alpha value is -3.18. The highest BCUT2D eigenvalue weighted by atomic mass is 35.5. The number of anilines is 3. The van der Waals surface area contributed by atoms with Crippen molar-refractivity contribution in [1.82, 2.24) is 39.7 Å². The molecule has 0 unspecified atom stereocenters. The van der Waals surface area contributed by atoms with Crippen molar-refractivity contribution in [1.29, 1.82) is 0 Å². The Morgan fingerprint density at radius 1 is 1.38 bits per heavy atom. The topological polar surface area (TPSA) is 120 Å². The average Bonchev–Trinajstić information content (AvgIpc) is 3.45. The third-order valence-electron chi connectivity index (χ3n) is 6.05. The Labute approximate surface area is 203 Å². The first kappa shape index (κ1) is 24.0. The van der Waals surface area contributed by atoms with Gasteiger partial charge in [-0.2, -0.15) is 20.2 Å². The summed E-state index contributed by atoms with van der Waals surface area (Å²) in [5, 5.41) is 19.0. The molecule has 1 aliphatic rings. The summed E-state index contributed by atoms with van der Waals surface area (Å²) >= 11 is 6.32. The molecule has 12 heteroatoms. The van der Waals surface area contributed by atoms with E-state index in [1.807, 2.05) is 10.9 Å². The van der Waals surface area contributed by atoms with Gasteiger partial charge in [0.2, 0.25) is 11.9 Å². The first-order chi connectivity index (χ1) is 16.5. The molecule has 1 fully saturated rings. The largest absolute Gasteiger partial charge is 0.365 e. The molecule has 0 spiro atoms. The van der Waals surface area contributed by atoms with Crippen LogP contribution in [-0.2, 0) is 11.3 Å². The van der Waals surface area contributed by atoms with Crippen molar-refractivity contribution >= 4 is 46.0 Å². The lowest BCUT2D eigenvalue weighted by molar-refractivity contribution is -0.127. The van der Waals surface area contributed by atoms with Crippen LogP contribution in [0.3, 0.4) is 0 Å². The number of aromatic amines is 1. The van der Waals surface area contributed by atoms with E-state index in [9.17, 15) is 4.79 Å². The van der Waals surface area contributed by atoms with Crippen LogP contribution >= 0.6 is 11.6 Å². The predicted octanol–water partition coefficient (Wildman–Crippen LogP) is 2.88. The number of carbonyl (C=O) groups is 1. The van der Waals surface area contributed by atoms with Crippen molar-refractivity contribution in [3.8, 4) is 0 Å². The highest BCUT2D eigenvalue weighted by molar-refractivity contribution is 6.35. The van der Waals surface area contributed by atoms with Crippen LogP contribution in [0.5, 0.6) is 0 Å². The van der Waals surface area contributed by atoms with Gasteiger partial charge < -0.3 is 20.4 Å². The quantitative estimate of drug-likeness (QED) is 0.374. The number of halogens is 1. The normalized spacial score (nSPS) is 16.2. The maximum atomic E-state index is 12.1. The molecular weight excluding hydrogens is 456 g/mol. The molecule has 0 saturated carbocycles. The third kappa shape index (κ3) is 5.48. The molecule has 0 aliphatic carbocycles. The molecule has 11 nitrogen and oxygen atoms in total. The number of nitrogens with one attached hydrogen (secondary N) is 3. The molecule has 182 valence electrons. The van der Waals surface area contributed by atoms with Gasteiger partial charge >= 0.3 is 0 Å². The number of fused-ring (bicyclic) bond motifs is 1. The summed E-state index contributed by atoms with van der Waals surface area (Å²) in [7, 11) is 0. The standard InChI is InChI=1S/C22H31ClN10O/c1-4-17(34)32-9-7-8-15(13-32)25-20-18-19(23)29-30-21(18)28-22(27-20)26-16-12-24-33(14-16)11-10-31(5-2)6-3/h4,12,14-15H,1,5-11,13H2,2-3H3,(H3,25,26,27,28,29,30)/t15-/m1/s1. The number of H-pyrrole nitrogens is 1. The molecule has 0 aromatic carbocycles. The lowest BCUT2D eigenvalue weighted by Crippen LogP contribution is -2.44. The summed E-state index contributed by atoms with van der Waals surface area (Å²) in [6.45, 7) is 13.0. The monoisotopic (exact) mass is 486 g/mol. The summed E-state index contributed by atoms with van der Waals surface area (Å²) in [6, 6.07) is 0.0254. The molecular formula is C22H31ClN10O. The van der Waals surface area contributed by atoms with E-state index in [2.05, 4.69) is 61.2 Å². The lowest BCUT2D eigenvalue weighted by Gasteiger charge is -2.32. The van der Waals surface area contributed by atoms with Crippen LogP contribution < -0.4 is 10.6 Å². The SMILES string of the molecule is C=CC(=O)N1CCC[C@@H](Nc2nc(Nc3cnn(CCN(CC)CC)c3)nc3[nH]nc(Cl)c23)C1. The number of likely N-dealkylation sites (N-methyl/N-ethyl adjacent to an activating group) is 1. The number of hydrogen-bond acceptors (Lipinski definition) is 8. The van der Waals surface area contributed by atoms with Crippen LogP contribution in [0, 0.1) is 0 Å². The molecule has 4 rings (SSSR count). The third-order valence-corrected chi connectivity index (χ3v) is 6.33. The summed E-state index contributed by atoms with van der Waals surface area (Å²) in [4.78, 5) is 25.4. The number of amides is 1. The maximum Gasteiger partial charge on any atom is 0.246 e. The number of nitrogens with zero attached hydrogens (tertiary/aromatic N) is 7. The molecule has 3 N–H and O–H groups in total. The van der Waals surface area contributed by atoms with Gasteiger partial charge in [-0.3, -0.25) is 14.6 Å². The predicted molar refractivity (Wildman–Crippen MR) is 133 cm³/mol. The number of hydrogen-bond donors (Lipinski definition) is 3. The number of piperidine rings is 1. The van der Waals surface area contributed by atoms with Crippen LogP contribution in [0.4, 0.5) is 17.5 Å². The second kappa shape index (κ2) is 10.8. The van der Waals surface area contributed by atoms with Crippen LogP contribution in [0.1, 0.15) is 26.7 Å². The molecule has 1 amide bonds. The number of likely N-dealkylation sites (tertiary alicyclic amines) is 1. The molecule has 0 bridgehead atoms. The molecule has 1 aliphatic heterocycles. The van der Waals surface area contributed by atoms with E-state index in [-0.39, 0.29) is 11.9 Å². The Bertz CT molecular complexity index is 1140. The van der Waals surface area contributed by atoms with Crippen molar-refractivity contribution in [2.24, 2.45) is 0 Å². The highest BCUT2D eigenvalue weighted by Gasteiger charge is 2.24. The minimum atomic E-state index is -0.0685. The molecule has 1 atom stereocenters. The van der Waals surface area contributed by atoms with E-state index in [0.29, 0.717) is 34.5 Å². The van der Waals surface area contributed by atoms with Gasteiger partial charge in [-0.1, -0.05) is 32.0 Å². The summed E-state index contributed by atoms with van der Waals surface area (Å²) < 4.78 is 1.90. The fraction of sp³-hybridized carbons (Fsp3) is 0.500. The maximum absolute atomic E-state index is 12.1. The second-order valence-electron chi connectivity index (χ2n) is 8.25. The minimum Gasteiger partial charge on any atom is -0.365 e. The van der Waals surface area contributed by atoms with Crippen molar-refractivity contribution < 1.29 is 4.79 Å². The van der Waals surface area contributed by atoms with Gasteiger partial charge in [0.05, 0.1) is 18.4 Å². The summed E-state index contributed by atoms with van der Waals surface area (Å²) in [5.41, 5.74) is 1.31. The molecule has 4 heterocycles. The van der Waals surface area contributed by atoms with Gasteiger partial charge in [0.25, 0.3) is 0 Å². The van der Waals surface area contributed by atoms with Crippen LogP contribution in [0.15, 0.2) is 25.0 Å². The van der Waals surface area contributed by atoms with Gasteiger partial charge in [-0.05, 0) is 32.0 Å². The Morgan fingerprint density at radius 3 is 2.97 bits per heavy atom. The van der Waals surface area contributed by atoms with Gasteiger partial charge in [0.15, 0.2) is 10.8 Å². The zero-order chi connectivity index (χ0) is 24.1. The van der Waals surface area contributed by atoms with Crippen LogP contribution in [0.2, 0.25) is 5.15 Å². The van der Waals surface area contributed by atoms with Crippen molar-refractivity contribution in [2.75, 3.05) is 43.4 Å². The minimum absolute atomic E-state index is 0.0254. The first-order valence-corrected chi connectivity index (χ1v) is 12.0. The van der Waals surface area contributed by atoms with Gasteiger partial charge in [-0.15, -0.1) is 0 Å². The van der Waals surface area contributed by atoms with Gasteiger partial charge in [-0.25, -0.2) is 0 Å². The van der Waals surface area contributed by atoms with Crippen LogP contribution in [0.25, 0.3) is 11.0 Å². The van der Waals surface area contributed by atoms with Crippen molar-refractivity contribution in [2.45, 2.75) is 39.3 Å². The number of rotatable bonds is 10. The van der Waals surface area contributed by atoms with Crippen molar-refractivity contribution in [3.05, 3.63) is 30.2 Å². The van der Waals surface area contributed by atoms with E-state index in [1.165, 1.54) is 6.08 Å². The van der Waals surface area contributed by atoms with Gasteiger partial charge in [0.1, 0.15) is 11.2 Å². The zero-order valence-corrected chi connectivity index (χ0v) is 20.3. The van der Waals surface area contributed by atoms with Gasteiger partial charge in [0, 0.05) is 31.9 Å².